The molecule has 0 aromatic heterocycles. The molecule has 0 fully saturated rings. The Bertz CT molecular complexity index is 372. The monoisotopic (exact) mass is 200 g/mol. The zero-order chi connectivity index (χ0) is 10.9. The first-order valence-corrected chi connectivity index (χ1v) is 4.04. The zero-order valence-electron chi connectivity index (χ0n) is 7.84. The maximum Gasteiger partial charge on any atom is 0.346 e. The van der Waals surface area contributed by atoms with Crippen LogP contribution >= 0.6 is 0 Å². The van der Waals surface area contributed by atoms with Gasteiger partial charge in [-0.3, -0.25) is 0 Å². The third-order valence-corrected chi connectivity index (χ3v) is 2.03. The molecule has 0 spiro atoms. The van der Waals surface area contributed by atoms with Crippen molar-refractivity contribution in [2.45, 2.75) is 19.5 Å². The summed E-state index contributed by atoms with van der Waals surface area (Å²) in [5, 5.41) is 8.55. The lowest BCUT2D eigenvalue weighted by Crippen LogP contribution is -2.28. The molecule has 0 heterocycles. The summed E-state index contributed by atoms with van der Waals surface area (Å²) in [4.78, 5) is 10.5. The summed E-state index contributed by atoms with van der Waals surface area (Å²) >= 11 is 0. The molecule has 0 aliphatic rings. The molecule has 1 N–H and O–H groups in total. The minimum absolute atomic E-state index is 0.449. The van der Waals surface area contributed by atoms with E-state index in [0.717, 1.165) is 19.1 Å². The van der Waals surface area contributed by atoms with Crippen LogP contribution in [0.15, 0.2) is 18.2 Å². The van der Waals surface area contributed by atoms with E-state index in [9.17, 15) is 13.6 Å². The van der Waals surface area contributed by atoms with Gasteiger partial charge in [0.25, 0.3) is 0 Å². The maximum absolute atomic E-state index is 13.5. The van der Waals surface area contributed by atoms with Crippen molar-refractivity contribution in [2.75, 3.05) is 0 Å². The van der Waals surface area contributed by atoms with Crippen molar-refractivity contribution in [3.63, 3.8) is 0 Å². The number of carboxylic acids is 1. The fraction of sp³-hybridized carbons (Fsp3) is 0.300. The van der Waals surface area contributed by atoms with Gasteiger partial charge in [0.2, 0.25) is 5.67 Å². The van der Waals surface area contributed by atoms with Gasteiger partial charge in [0, 0.05) is 5.56 Å². The normalized spacial score (nSPS) is 14.9. The van der Waals surface area contributed by atoms with Gasteiger partial charge in [-0.1, -0.05) is 12.1 Å². The molecule has 1 aromatic rings. The highest BCUT2D eigenvalue weighted by atomic mass is 19.1. The number of carboxylic acid groups (broad SMARTS) is 1. The topological polar surface area (TPSA) is 37.3 Å². The molecule has 14 heavy (non-hydrogen) atoms. The summed E-state index contributed by atoms with van der Waals surface area (Å²) in [5.74, 6) is -2.53. The molecule has 1 rings (SSSR count). The van der Waals surface area contributed by atoms with Crippen LogP contribution in [0.1, 0.15) is 18.1 Å². The summed E-state index contributed by atoms with van der Waals surface area (Å²) in [5.41, 5.74) is -2.51. The number of benzene rings is 1. The quantitative estimate of drug-likeness (QED) is 0.795. The Hall–Kier alpha value is -1.45. The lowest BCUT2D eigenvalue weighted by molar-refractivity contribution is -0.150. The van der Waals surface area contributed by atoms with Gasteiger partial charge >= 0.3 is 5.97 Å². The van der Waals surface area contributed by atoms with E-state index >= 15 is 0 Å². The first-order chi connectivity index (χ1) is 6.35. The van der Waals surface area contributed by atoms with Gasteiger partial charge in [0.1, 0.15) is 5.82 Å². The second-order valence-electron chi connectivity index (χ2n) is 3.29. The Morgan fingerprint density at radius 2 is 2.07 bits per heavy atom. The summed E-state index contributed by atoms with van der Waals surface area (Å²) in [6.07, 6.45) is 0. The molecular weight excluding hydrogens is 190 g/mol. The predicted octanol–water partition coefficient (Wildman–Crippen LogP) is 2.40. The fourth-order valence-electron chi connectivity index (χ4n) is 1.12. The average molecular weight is 200 g/mol. The van der Waals surface area contributed by atoms with Crippen molar-refractivity contribution in [3.05, 3.63) is 35.1 Å². The Morgan fingerprint density at radius 3 is 2.50 bits per heavy atom. The third kappa shape index (κ3) is 1.73. The van der Waals surface area contributed by atoms with Gasteiger partial charge in [0.05, 0.1) is 0 Å². The summed E-state index contributed by atoms with van der Waals surface area (Å²) in [6, 6.07) is 3.73. The summed E-state index contributed by atoms with van der Waals surface area (Å²) in [7, 11) is 0. The minimum atomic E-state index is -2.68. The zero-order valence-corrected chi connectivity index (χ0v) is 7.84. The van der Waals surface area contributed by atoms with Gasteiger partial charge in [-0.2, -0.15) is 0 Å². The number of alkyl halides is 1. The fourth-order valence-corrected chi connectivity index (χ4v) is 1.12. The van der Waals surface area contributed by atoms with E-state index in [0.29, 0.717) is 5.56 Å². The standard InChI is InChI=1S/C10H10F2O2/c1-6-3-4-7(8(11)5-6)10(2,12)9(13)14/h3-5H,1-2H3,(H,13,14). The second-order valence-corrected chi connectivity index (χ2v) is 3.29. The summed E-state index contributed by atoms with van der Waals surface area (Å²) < 4.78 is 26.7. The number of hydrogen-bond donors (Lipinski definition) is 1. The van der Waals surface area contributed by atoms with Gasteiger partial charge in [-0.15, -0.1) is 0 Å². The van der Waals surface area contributed by atoms with Crippen molar-refractivity contribution in [1.29, 1.82) is 0 Å². The van der Waals surface area contributed by atoms with Crippen LogP contribution < -0.4 is 0 Å². The van der Waals surface area contributed by atoms with Crippen molar-refractivity contribution >= 4 is 5.97 Å². The van der Waals surface area contributed by atoms with Crippen LogP contribution in [0.4, 0.5) is 8.78 Å². The molecule has 0 aliphatic carbocycles. The van der Waals surface area contributed by atoms with Crippen molar-refractivity contribution < 1.29 is 18.7 Å². The Balaban J connectivity index is 3.26. The van der Waals surface area contributed by atoms with E-state index in [4.69, 9.17) is 5.11 Å². The smallest absolute Gasteiger partial charge is 0.346 e. The number of aryl methyl sites for hydroxylation is 1. The molecule has 0 radical (unpaired) electrons. The van der Waals surface area contributed by atoms with Gasteiger partial charge in [-0.25, -0.2) is 13.6 Å². The second kappa shape index (κ2) is 3.36. The summed E-state index contributed by atoms with van der Waals surface area (Å²) in [6.45, 7) is 2.46. The molecular formula is C10H10F2O2. The third-order valence-electron chi connectivity index (χ3n) is 2.03. The SMILES string of the molecule is Cc1ccc(C(C)(F)C(=O)O)c(F)c1. The van der Waals surface area contributed by atoms with Crippen LogP contribution in [0.5, 0.6) is 0 Å². The minimum Gasteiger partial charge on any atom is -0.479 e. The largest absolute Gasteiger partial charge is 0.479 e. The van der Waals surface area contributed by atoms with Crippen molar-refractivity contribution in [3.8, 4) is 0 Å². The van der Waals surface area contributed by atoms with E-state index in [1.165, 1.54) is 6.07 Å². The van der Waals surface area contributed by atoms with E-state index < -0.39 is 23.0 Å². The van der Waals surface area contributed by atoms with Gasteiger partial charge in [-0.05, 0) is 25.5 Å². The van der Waals surface area contributed by atoms with Crippen molar-refractivity contribution in [1.82, 2.24) is 0 Å². The van der Waals surface area contributed by atoms with E-state index in [1.807, 2.05) is 0 Å². The molecule has 0 saturated heterocycles. The van der Waals surface area contributed by atoms with Crippen LogP contribution in [0.3, 0.4) is 0 Å². The maximum atomic E-state index is 13.5. The number of aliphatic carboxylic acids is 1. The predicted molar refractivity (Wildman–Crippen MR) is 47.2 cm³/mol. The Morgan fingerprint density at radius 1 is 1.50 bits per heavy atom. The van der Waals surface area contributed by atoms with Crippen LogP contribution in [-0.4, -0.2) is 11.1 Å². The van der Waals surface area contributed by atoms with Gasteiger partial charge in [0.15, 0.2) is 0 Å². The van der Waals surface area contributed by atoms with E-state index in [2.05, 4.69) is 0 Å². The first-order valence-electron chi connectivity index (χ1n) is 4.04. The number of hydrogen-bond acceptors (Lipinski definition) is 1. The molecule has 4 heteroatoms. The molecule has 0 aliphatic heterocycles. The lowest BCUT2D eigenvalue weighted by Gasteiger charge is -2.16. The molecule has 1 atom stereocenters. The average Bonchev–Trinajstić information content (AvgIpc) is 2.02. The number of rotatable bonds is 2. The van der Waals surface area contributed by atoms with Crippen LogP contribution in [0.2, 0.25) is 0 Å². The highest BCUT2D eigenvalue weighted by Crippen LogP contribution is 2.28. The molecule has 76 valence electrons. The van der Waals surface area contributed by atoms with Crippen molar-refractivity contribution in [2.24, 2.45) is 0 Å². The Kier molecular flexibility index (Phi) is 2.55. The van der Waals surface area contributed by atoms with E-state index in [-0.39, 0.29) is 0 Å². The number of carbonyl (C=O) groups is 1. The van der Waals surface area contributed by atoms with E-state index in [1.54, 1.807) is 6.92 Å². The highest BCUT2D eigenvalue weighted by Gasteiger charge is 2.37. The lowest BCUT2D eigenvalue weighted by atomic mass is 9.96. The molecule has 0 amide bonds. The van der Waals surface area contributed by atoms with Gasteiger partial charge < -0.3 is 5.11 Å². The molecule has 1 aromatic carbocycles. The Labute approximate surface area is 80.2 Å². The van der Waals surface area contributed by atoms with Crippen LogP contribution in [0, 0.1) is 12.7 Å². The number of halogens is 2. The molecule has 1 unspecified atom stereocenters. The first kappa shape index (κ1) is 10.6. The van der Waals surface area contributed by atoms with Crippen LogP contribution in [-0.2, 0) is 10.5 Å². The molecule has 0 saturated carbocycles. The molecule has 0 bridgehead atoms. The van der Waals surface area contributed by atoms with Crippen LogP contribution in [0.25, 0.3) is 0 Å². The molecule has 2 nitrogen and oxygen atoms in total. The highest BCUT2D eigenvalue weighted by molar-refractivity contribution is 5.78.